The predicted molar refractivity (Wildman–Crippen MR) is 58.8 cm³/mol. The molecule has 0 bridgehead atoms. The van der Waals surface area contributed by atoms with Crippen molar-refractivity contribution >= 4 is 27.5 Å². The molecule has 0 spiro atoms. The third kappa shape index (κ3) is 2.63. The van der Waals surface area contributed by atoms with E-state index in [0.717, 1.165) is 0 Å². The van der Waals surface area contributed by atoms with Gasteiger partial charge >= 0.3 is 16.1 Å². The molecule has 0 aliphatic carbocycles. The number of nitrogen functional groups attached to an aromatic ring is 2. The smallest absolute Gasteiger partial charge is 0.343 e. The van der Waals surface area contributed by atoms with E-state index in [9.17, 15) is 13.2 Å². The minimum Gasteiger partial charge on any atom is -0.399 e. The van der Waals surface area contributed by atoms with Crippen molar-refractivity contribution in [2.24, 2.45) is 0 Å². The fourth-order valence-electron chi connectivity index (χ4n) is 1.02. The molecule has 0 aliphatic heterocycles. The van der Waals surface area contributed by atoms with Gasteiger partial charge in [0.25, 0.3) is 0 Å². The van der Waals surface area contributed by atoms with E-state index in [2.05, 4.69) is 4.18 Å². The molecule has 0 saturated heterocycles. The van der Waals surface area contributed by atoms with Crippen LogP contribution in [0.5, 0.6) is 0 Å². The van der Waals surface area contributed by atoms with Crippen molar-refractivity contribution in [2.75, 3.05) is 11.5 Å². The monoisotopic (exact) mass is 244 g/mol. The van der Waals surface area contributed by atoms with Crippen LogP contribution in [0.2, 0.25) is 0 Å². The van der Waals surface area contributed by atoms with Gasteiger partial charge in [0.1, 0.15) is 4.90 Å². The van der Waals surface area contributed by atoms with Gasteiger partial charge in [0.15, 0.2) is 0 Å². The Morgan fingerprint density at radius 3 is 2.50 bits per heavy atom. The van der Waals surface area contributed by atoms with Gasteiger partial charge in [-0.15, -0.1) is 0 Å². The van der Waals surface area contributed by atoms with Crippen LogP contribution in [-0.4, -0.2) is 14.4 Å². The third-order valence-electron chi connectivity index (χ3n) is 1.79. The molecule has 88 valence electrons. The molecular formula is C9H12N2O4S. The molecule has 1 rings (SSSR count). The fourth-order valence-corrected chi connectivity index (χ4v) is 2.06. The van der Waals surface area contributed by atoms with E-state index in [1.165, 1.54) is 25.1 Å². The molecule has 6 nitrogen and oxygen atoms in total. The maximum Gasteiger partial charge on any atom is 0.343 e. The molecule has 16 heavy (non-hydrogen) atoms. The Morgan fingerprint density at radius 1 is 1.38 bits per heavy atom. The summed E-state index contributed by atoms with van der Waals surface area (Å²) in [6.07, 6.45) is -0.0336. The summed E-state index contributed by atoms with van der Waals surface area (Å²) in [5, 5.41) is 0. The summed E-state index contributed by atoms with van der Waals surface area (Å²) in [6.45, 7) is 1.49. The number of hydrogen-bond acceptors (Lipinski definition) is 6. The average Bonchev–Trinajstić information content (AvgIpc) is 2.16. The maximum absolute atomic E-state index is 11.6. The minimum atomic E-state index is -4.15. The van der Waals surface area contributed by atoms with Crippen molar-refractivity contribution in [2.45, 2.75) is 18.2 Å². The zero-order valence-electron chi connectivity index (χ0n) is 8.64. The van der Waals surface area contributed by atoms with Crippen LogP contribution >= 0.6 is 0 Å². The van der Waals surface area contributed by atoms with E-state index in [1.807, 2.05) is 0 Å². The number of hydrogen-bond donors (Lipinski definition) is 2. The number of carbonyl (C=O) groups excluding carboxylic acids is 1. The SMILES string of the molecule is CCC(=O)OS(=O)(=O)c1ccc(N)cc1N. The Labute approximate surface area is 93.3 Å². The Morgan fingerprint density at radius 2 is 2.00 bits per heavy atom. The van der Waals surface area contributed by atoms with Crippen molar-refractivity contribution in [1.82, 2.24) is 0 Å². The molecule has 1 aromatic rings. The highest BCUT2D eigenvalue weighted by Gasteiger charge is 2.21. The number of benzene rings is 1. The van der Waals surface area contributed by atoms with Crippen LogP contribution in [0.15, 0.2) is 23.1 Å². The quantitative estimate of drug-likeness (QED) is 0.591. The molecule has 0 amide bonds. The normalized spacial score (nSPS) is 11.1. The second-order valence-electron chi connectivity index (χ2n) is 3.06. The summed E-state index contributed by atoms with van der Waals surface area (Å²) < 4.78 is 27.4. The number of rotatable bonds is 3. The van der Waals surface area contributed by atoms with E-state index in [4.69, 9.17) is 11.5 Å². The molecule has 0 heterocycles. The Hall–Kier alpha value is -1.76. The molecule has 0 aromatic heterocycles. The zero-order chi connectivity index (χ0) is 12.3. The fraction of sp³-hybridized carbons (Fsp3) is 0.222. The lowest BCUT2D eigenvalue weighted by molar-refractivity contribution is -0.133. The summed E-state index contributed by atoms with van der Waals surface area (Å²) in [6, 6.07) is 3.85. The molecule has 7 heteroatoms. The van der Waals surface area contributed by atoms with E-state index >= 15 is 0 Å². The third-order valence-corrected chi connectivity index (χ3v) is 3.11. The summed E-state index contributed by atoms with van der Waals surface area (Å²) >= 11 is 0. The summed E-state index contributed by atoms with van der Waals surface area (Å²) in [5.41, 5.74) is 11.2. The second-order valence-corrected chi connectivity index (χ2v) is 4.58. The van der Waals surface area contributed by atoms with Crippen LogP contribution in [0, 0.1) is 0 Å². The molecule has 0 atom stereocenters. The van der Waals surface area contributed by atoms with Crippen LogP contribution in [0.1, 0.15) is 13.3 Å². The summed E-state index contributed by atoms with van der Waals surface area (Å²) in [5.74, 6) is -0.837. The van der Waals surface area contributed by atoms with Crippen molar-refractivity contribution in [3.8, 4) is 0 Å². The van der Waals surface area contributed by atoms with Gasteiger partial charge in [-0.3, -0.25) is 4.79 Å². The first-order valence-electron chi connectivity index (χ1n) is 4.49. The largest absolute Gasteiger partial charge is 0.399 e. The van der Waals surface area contributed by atoms with Crippen LogP contribution < -0.4 is 11.5 Å². The predicted octanol–water partition coefficient (Wildman–Crippen LogP) is 0.493. The van der Waals surface area contributed by atoms with Gasteiger partial charge < -0.3 is 15.7 Å². The second kappa shape index (κ2) is 4.40. The summed E-state index contributed by atoms with van der Waals surface area (Å²) in [4.78, 5) is 10.7. The molecule has 1 aromatic carbocycles. The highest BCUT2D eigenvalue weighted by Crippen LogP contribution is 2.22. The number of anilines is 2. The van der Waals surface area contributed by atoms with Gasteiger partial charge in [0, 0.05) is 12.1 Å². The standard InChI is InChI=1S/C9H12N2O4S/c1-2-9(12)15-16(13,14)8-4-3-6(10)5-7(8)11/h3-5H,2,10-11H2,1H3. The van der Waals surface area contributed by atoms with E-state index < -0.39 is 16.1 Å². The lowest BCUT2D eigenvalue weighted by atomic mass is 10.3. The van der Waals surface area contributed by atoms with E-state index in [-0.39, 0.29) is 17.0 Å². The van der Waals surface area contributed by atoms with Gasteiger partial charge in [-0.05, 0) is 18.2 Å². The average molecular weight is 244 g/mol. The number of nitrogens with two attached hydrogens (primary N) is 2. The Bertz CT molecular complexity index is 510. The maximum atomic E-state index is 11.6. The minimum absolute atomic E-state index is 0.0336. The van der Waals surface area contributed by atoms with Crippen molar-refractivity contribution in [3.63, 3.8) is 0 Å². The molecule has 0 aliphatic rings. The van der Waals surface area contributed by atoms with Gasteiger partial charge in [0.05, 0.1) is 5.69 Å². The molecule has 4 N–H and O–H groups in total. The first-order valence-corrected chi connectivity index (χ1v) is 5.90. The van der Waals surface area contributed by atoms with Crippen molar-refractivity contribution in [1.29, 1.82) is 0 Å². The summed E-state index contributed by atoms with van der Waals surface area (Å²) in [7, 11) is -4.15. The van der Waals surface area contributed by atoms with Gasteiger partial charge in [-0.1, -0.05) is 6.92 Å². The Balaban J connectivity index is 3.13. The molecule has 0 unspecified atom stereocenters. The first kappa shape index (κ1) is 12.3. The highest BCUT2D eigenvalue weighted by molar-refractivity contribution is 7.87. The van der Waals surface area contributed by atoms with Gasteiger partial charge in [-0.2, -0.15) is 8.42 Å². The van der Waals surface area contributed by atoms with Gasteiger partial charge in [-0.25, -0.2) is 0 Å². The lowest BCUT2D eigenvalue weighted by Gasteiger charge is -2.07. The van der Waals surface area contributed by atoms with Gasteiger partial charge in [0.2, 0.25) is 0 Å². The highest BCUT2D eigenvalue weighted by atomic mass is 32.2. The molecule has 0 fully saturated rings. The van der Waals surface area contributed by atoms with Crippen molar-refractivity contribution in [3.05, 3.63) is 18.2 Å². The Kier molecular flexibility index (Phi) is 3.38. The van der Waals surface area contributed by atoms with E-state index in [0.29, 0.717) is 5.69 Å². The molecule has 0 saturated carbocycles. The topological polar surface area (TPSA) is 112 Å². The van der Waals surface area contributed by atoms with Crippen LogP contribution in [0.4, 0.5) is 11.4 Å². The number of carbonyl (C=O) groups is 1. The molecule has 0 radical (unpaired) electrons. The lowest BCUT2D eigenvalue weighted by Crippen LogP contribution is -2.14. The van der Waals surface area contributed by atoms with Crippen LogP contribution in [0.25, 0.3) is 0 Å². The first-order chi connectivity index (χ1) is 7.36. The van der Waals surface area contributed by atoms with Crippen molar-refractivity contribution < 1.29 is 17.4 Å². The zero-order valence-corrected chi connectivity index (χ0v) is 9.45. The van der Waals surface area contributed by atoms with Crippen LogP contribution in [-0.2, 0) is 19.1 Å². The van der Waals surface area contributed by atoms with Crippen LogP contribution in [0.3, 0.4) is 0 Å². The van der Waals surface area contributed by atoms with E-state index in [1.54, 1.807) is 0 Å². The molecular weight excluding hydrogens is 232 g/mol.